The van der Waals surface area contributed by atoms with E-state index >= 15 is 0 Å². The van der Waals surface area contributed by atoms with E-state index in [4.69, 9.17) is 0 Å². The van der Waals surface area contributed by atoms with Crippen LogP contribution in [0.3, 0.4) is 0 Å². The minimum atomic E-state index is -4.74. The van der Waals surface area contributed by atoms with E-state index in [-0.39, 0.29) is 17.6 Å². The van der Waals surface area contributed by atoms with Crippen LogP contribution >= 0.6 is 11.8 Å². The second-order valence-corrected chi connectivity index (χ2v) is 11.3. The predicted molar refractivity (Wildman–Crippen MR) is 157 cm³/mol. The van der Waals surface area contributed by atoms with Crippen LogP contribution in [0, 0.1) is 5.92 Å². The number of amidine groups is 1. The highest BCUT2D eigenvalue weighted by Gasteiger charge is 2.40. The molecule has 1 amide bonds. The summed E-state index contributed by atoms with van der Waals surface area (Å²) >= 11 is 1.63. The molecule has 2 fully saturated rings. The molecule has 4 aromatic rings. The number of aromatic nitrogens is 3. The van der Waals surface area contributed by atoms with Crippen molar-refractivity contribution in [3.63, 3.8) is 0 Å². The second-order valence-electron chi connectivity index (χ2n) is 10.3. The molecule has 2 aliphatic rings. The maximum absolute atomic E-state index is 12.9. The van der Waals surface area contributed by atoms with Crippen LogP contribution in [0.25, 0.3) is 17.1 Å². The Bertz CT molecular complexity index is 1600. The molecular weight excluding hydrogens is 563 g/mol. The normalized spacial score (nSPS) is 19.3. The summed E-state index contributed by atoms with van der Waals surface area (Å²) in [6.07, 6.45) is -0.921. The lowest BCUT2D eigenvalue weighted by molar-refractivity contribution is -0.274. The molecule has 1 saturated heterocycles. The molecule has 2 atom stereocenters. The molecule has 0 bridgehead atoms. The van der Waals surface area contributed by atoms with E-state index in [9.17, 15) is 18.0 Å². The van der Waals surface area contributed by atoms with E-state index in [2.05, 4.69) is 43.8 Å². The number of amides is 1. The van der Waals surface area contributed by atoms with Gasteiger partial charge in [0.1, 0.15) is 12.1 Å². The quantitative estimate of drug-likeness (QED) is 0.219. The van der Waals surface area contributed by atoms with E-state index in [0.29, 0.717) is 23.9 Å². The second kappa shape index (κ2) is 11.6. The maximum Gasteiger partial charge on any atom is 0.573 e. The van der Waals surface area contributed by atoms with Gasteiger partial charge in [0.25, 0.3) is 0 Å². The van der Waals surface area contributed by atoms with Crippen LogP contribution in [0.4, 0.5) is 18.9 Å². The van der Waals surface area contributed by atoms with Crippen molar-refractivity contribution in [1.29, 1.82) is 0 Å². The van der Waals surface area contributed by atoms with Crippen molar-refractivity contribution < 1.29 is 22.7 Å². The molecule has 11 heteroatoms. The van der Waals surface area contributed by atoms with Gasteiger partial charge in [-0.05, 0) is 66.1 Å². The van der Waals surface area contributed by atoms with Gasteiger partial charge in [0.2, 0.25) is 5.91 Å². The summed E-state index contributed by atoms with van der Waals surface area (Å²) in [7, 11) is 0. The number of para-hydroxylation sites is 1. The summed E-state index contributed by atoms with van der Waals surface area (Å²) in [6.45, 7) is 2.98. The molecule has 6 rings (SSSR count). The zero-order valence-corrected chi connectivity index (χ0v) is 23.6. The zero-order valence-electron chi connectivity index (χ0n) is 22.8. The van der Waals surface area contributed by atoms with Crippen molar-refractivity contribution in [2.24, 2.45) is 10.9 Å². The van der Waals surface area contributed by atoms with Crippen LogP contribution < -0.4 is 9.64 Å². The van der Waals surface area contributed by atoms with E-state index < -0.39 is 6.36 Å². The molecule has 0 spiro atoms. The molecule has 1 aromatic heterocycles. The summed E-state index contributed by atoms with van der Waals surface area (Å²) in [6, 6.07) is 21.7. The Balaban J connectivity index is 1.06. The molecular formula is C31H28F3N5O2S. The first kappa shape index (κ1) is 28.0. The first-order valence-electron chi connectivity index (χ1n) is 13.8. The molecule has 1 saturated carbocycles. The Hall–Kier alpha value is -4.12. The van der Waals surface area contributed by atoms with Gasteiger partial charge in [0.15, 0.2) is 11.0 Å². The number of benzene rings is 3. The predicted octanol–water partition coefficient (Wildman–Crippen LogP) is 7.02. The Kier molecular flexibility index (Phi) is 7.76. The number of hydrogen-bond acceptors (Lipinski definition) is 5. The average Bonchev–Trinajstić information content (AvgIpc) is 3.33. The number of nitrogens with zero attached hydrogens (tertiary/aromatic N) is 5. The highest BCUT2D eigenvalue weighted by molar-refractivity contribution is 8.14. The molecule has 1 aliphatic carbocycles. The number of ether oxygens (including phenoxy) is 1. The van der Waals surface area contributed by atoms with Crippen LogP contribution in [0.15, 0.2) is 84.1 Å². The van der Waals surface area contributed by atoms with Crippen LogP contribution in [-0.2, 0) is 11.2 Å². The van der Waals surface area contributed by atoms with Gasteiger partial charge in [-0.15, -0.1) is 18.3 Å². The average molecular weight is 592 g/mol. The van der Waals surface area contributed by atoms with Crippen LogP contribution in [0.1, 0.15) is 36.8 Å². The third kappa shape index (κ3) is 6.35. The molecule has 2 heterocycles. The number of rotatable bonds is 8. The standard InChI is InChI=1S/C31H28F3N5O2S/c1-2-20-5-3-4-6-27(20)38-15-16-42-30(38)36-28(40)18-23-17-26(23)21-7-9-22(10-8-21)29-35-19-39(37-29)24-11-13-25(14-12-24)41-31(32,33)34/h3-14,19,23,26H,2,15-18H2,1H3. The van der Waals surface area contributed by atoms with Crippen molar-refractivity contribution in [2.75, 3.05) is 17.2 Å². The smallest absolute Gasteiger partial charge is 0.406 e. The zero-order chi connectivity index (χ0) is 29.3. The van der Waals surface area contributed by atoms with Gasteiger partial charge in [0, 0.05) is 30.0 Å². The van der Waals surface area contributed by atoms with Gasteiger partial charge < -0.3 is 9.64 Å². The van der Waals surface area contributed by atoms with Crippen molar-refractivity contribution in [2.45, 2.75) is 38.5 Å². The van der Waals surface area contributed by atoms with Crippen molar-refractivity contribution >= 4 is 28.5 Å². The molecule has 42 heavy (non-hydrogen) atoms. The fraction of sp³-hybridized carbons (Fsp3) is 0.290. The Morgan fingerprint density at radius 1 is 1.07 bits per heavy atom. The van der Waals surface area contributed by atoms with Crippen molar-refractivity contribution in [3.05, 3.63) is 90.3 Å². The Morgan fingerprint density at radius 3 is 2.57 bits per heavy atom. The molecule has 3 aromatic carbocycles. The minimum Gasteiger partial charge on any atom is -0.406 e. The van der Waals surface area contributed by atoms with Gasteiger partial charge in [-0.2, -0.15) is 4.99 Å². The summed E-state index contributed by atoms with van der Waals surface area (Å²) in [5.74, 6) is 1.64. The lowest BCUT2D eigenvalue weighted by Crippen LogP contribution is -2.25. The van der Waals surface area contributed by atoms with Gasteiger partial charge in [-0.1, -0.05) is 61.2 Å². The fourth-order valence-electron chi connectivity index (χ4n) is 5.25. The van der Waals surface area contributed by atoms with E-state index in [0.717, 1.165) is 47.1 Å². The molecule has 2 unspecified atom stereocenters. The molecule has 216 valence electrons. The minimum absolute atomic E-state index is 0.0739. The van der Waals surface area contributed by atoms with E-state index in [1.54, 1.807) is 11.8 Å². The SMILES string of the molecule is CCc1ccccc1N1CCSC1=NC(=O)CC1CC1c1ccc(-c2ncn(-c3ccc(OC(F)(F)F)cc3)n2)cc1. The number of alkyl halides is 3. The summed E-state index contributed by atoms with van der Waals surface area (Å²) in [4.78, 5) is 23.9. The summed E-state index contributed by atoms with van der Waals surface area (Å²) in [5, 5.41) is 5.26. The van der Waals surface area contributed by atoms with Gasteiger partial charge >= 0.3 is 6.36 Å². The van der Waals surface area contributed by atoms with Crippen molar-refractivity contribution in [3.8, 4) is 22.8 Å². The summed E-state index contributed by atoms with van der Waals surface area (Å²) in [5.41, 5.74) is 4.93. The van der Waals surface area contributed by atoms with Gasteiger partial charge in [-0.25, -0.2) is 9.67 Å². The molecule has 0 N–H and O–H groups in total. The number of carbonyl (C=O) groups is 1. The van der Waals surface area contributed by atoms with Crippen LogP contribution in [0.2, 0.25) is 0 Å². The Labute approximate surface area is 245 Å². The summed E-state index contributed by atoms with van der Waals surface area (Å²) < 4.78 is 42.6. The lowest BCUT2D eigenvalue weighted by Gasteiger charge is -2.20. The number of anilines is 1. The largest absolute Gasteiger partial charge is 0.573 e. The van der Waals surface area contributed by atoms with Crippen molar-refractivity contribution in [1.82, 2.24) is 14.8 Å². The molecule has 7 nitrogen and oxygen atoms in total. The van der Waals surface area contributed by atoms with Crippen LogP contribution in [-0.4, -0.2) is 44.5 Å². The molecule has 0 radical (unpaired) electrons. The lowest BCUT2D eigenvalue weighted by atomic mass is 10.1. The maximum atomic E-state index is 12.9. The van der Waals surface area contributed by atoms with Gasteiger partial charge in [-0.3, -0.25) is 4.79 Å². The van der Waals surface area contributed by atoms with E-state index in [1.165, 1.54) is 40.8 Å². The first-order valence-corrected chi connectivity index (χ1v) is 14.7. The Morgan fingerprint density at radius 2 is 1.83 bits per heavy atom. The number of halogens is 3. The number of thioether (sulfide) groups is 1. The highest BCUT2D eigenvalue weighted by atomic mass is 32.2. The third-order valence-corrected chi connectivity index (χ3v) is 8.40. The van der Waals surface area contributed by atoms with Crippen LogP contribution in [0.5, 0.6) is 5.75 Å². The van der Waals surface area contributed by atoms with E-state index in [1.807, 2.05) is 36.4 Å². The third-order valence-electron chi connectivity index (χ3n) is 7.44. The highest BCUT2D eigenvalue weighted by Crippen LogP contribution is 2.50. The fourth-order valence-corrected chi connectivity index (χ4v) is 6.22. The van der Waals surface area contributed by atoms with Gasteiger partial charge in [0.05, 0.1) is 5.69 Å². The number of aliphatic imine (C=N–C) groups is 1. The monoisotopic (exact) mass is 591 g/mol. The molecule has 1 aliphatic heterocycles. The topological polar surface area (TPSA) is 72.6 Å². The first-order chi connectivity index (χ1) is 20.3. The number of carbonyl (C=O) groups excluding carboxylic acids is 1. The number of aryl methyl sites for hydroxylation is 1. The number of hydrogen-bond donors (Lipinski definition) is 0.